The molecule has 2 N–H and O–H groups in total. The molecule has 0 radical (unpaired) electrons. The van der Waals surface area contributed by atoms with E-state index >= 15 is 0 Å². The van der Waals surface area contributed by atoms with Crippen molar-refractivity contribution in [2.24, 2.45) is 0 Å². The van der Waals surface area contributed by atoms with Gasteiger partial charge in [0, 0.05) is 6.54 Å². The Kier molecular flexibility index (Phi) is 4.86. The van der Waals surface area contributed by atoms with Gasteiger partial charge in [-0.25, -0.2) is 4.79 Å². The molecule has 0 bridgehead atoms. The Morgan fingerprint density at radius 3 is 2.75 bits per heavy atom. The second-order valence-electron chi connectivity index (χ2n) is 4.47. The smallest absolute Gasteiger partial charge is 0.332 e. The first-order valence-electron chi connectivity index (χ1n) is 6.09. The number of carboxylic acid groups (broad SMARTS) is 1. The van der Waals surface area contributed by atoms with Gasteiger partial charge in [-0.2, -0.15) is 0 Å². The minimum Gasteiger partial charge on any atom is -0.479 e. The Labute approximate surface area is 125 Å². The molecule has 0 saturated carbocycles. The van der Waals surface area contributed by atoms with Crippen molar-refractivity contribution in [3.8, 4) is 0 Å². The van der Waals surface area contributed by atoms with Gasteiger partial charge in [0.25, 0.3) is 5.91 Å². The summed E-state index contributed by atoms with van der Waals surface area (Å²) in [7, 11) is 0. The van der Waals surface area contributed by atoms with Gasteiger partial charge in [0.15, 0.2) is 6.10 Å². The number of aliphatic carboxylic acids is 1. The number of nitrogens with one attached hydrogen (secondary N) is 1. The lowest BCUT2D eigenvalue weighted by Gasteiger charge is -2.13. The third-order valence-corrected chi connectivity index (χ3v) is 3.89. The fourth-order valence-electron chi connectivity index (χ4n) is 2.02. The number of carbonyl (C=O) groups excluding carboxylic acids is 1. The van der Waals surface area contributed by atoms with E-state index in [0.717, 1.165) is 0 Å². The molecule has 1 fully saturated rings. The van der Waals surface area contributed by atoms with Crippen LogP contribution >= 0.6 is 23.2 Å². The number of ether oxygens (including phenoxy) is 1. The second-order valence-corrected chi connectivity index (χ2v) is 5.26. The van der Waals surface area contributed by atoms with Crippen LogP contribution in [0.15, 0.2) is 18.2 Å². The van der Waals surface area contributed by atoms with Gasteiger partial charge in [0.05, 0.1) is 21.7 Å². The van der Waals surface area contributed by atoms with Gasteiger partial charge < -0.3 is 15.2 Å². The average molecular weight is 318 g/mol. The molecule has 20 heavy (non-hydrogen) atoms. The Morgan fingerprint density at radius 1 is 1.35 bits per heavy atom. The van der Waals surface area contributed by atoms with Gasteiger partial charge in [-0.3, -0.25) is 4.79 Å². The number of carbonyl (C=O) groups is 2. The predicted molar refractivity (Wildman–Crippen MR) is 74.3 cm³/mol. The fourth-order valence-corrected chi connectivity index (χ4v) is 2.40. The van der Waals surface area contributed by atoms with Crippen molar-refractivity contribution in [3.05, 3.63) is 33.8 Å². The molecule has 1 heterocycles. The molecule has 0 aromatic heterocycles. The van der Waals surface area contributed by atoms with E-state index in [2.05, 4.69) is 5.32 Å². The summed E-state index contributed by atoms with van der Waals surface area (Å²) in [6, 6.07) is 4.80. The number of carboxylic acids is 1. The minimum absolute atomic E-state index is 0.197. The van der Waals surface area contributed by atoms with Crippen molar-refractivity contribution in [1.82, 2.24) is 5.32 Å². The van der Waals surface area contributed by atoms with Crippen LogP contribution in [0.5, 0.6) is 0 Å². The van der Waals surface area contributed by atoms with Gasteiger partial charge in [-0.15, -0.1) is 0 Å². The Morgan fingerprint density at radius 2 is 2.10 bits per heavy atom. The second kappa shape index (κ2) is 6.43. The maximum Gasteiger partial charge on any atom is 0.332 e. The third-order valence-electron chi connectivity index (χ3n) is 3.07. The summed E-state index contributed by atoms with van der Waals surface area (Å²) in [5.74, 6) is -1.34. The van der Waals surface area contributed by atoms with Gasteiger partial charge >= 0.3 is 5.97 Å². The maximum absolute atomic E-state index is 12.0. The van der Waals surface area contributed by atoms with Gasteiger partial charge in [0.2, 0.25) is 0 Å². The van der Waals surface area contributed by atoms with Crippen molar-refractivity contribution in [2.45, 2.75) is 25.0 Å². The highest BCUT2D eigenvalue weighted by Gasteiger charge is 2.30. The van der Waals surface area contributed by atoms with Crippen LogP contribution < -0.4 is 5.32 Å². The molecular formula is C13H13Cl2NO4. The predicted octanol–water partition coefficient (Wildman–Crippen LogP) is 2.36. The summed E-state index contributed by atoms with van der Waals surface area (Å²) >= 11 is 11.8. The lowest BCUT2D eigenvalue weighted by Crippen LogP contribution is -2.33. The van der Waals surface area contributed by atoms with Crippen molar-refractivity contribution in [3.63, 3.8) is 0 Å². The molecule has 1 aliphatic heterocycles. The molecule has 2 unspecified atom stereocenters. The molecule has 0 spiro atoms. The lowest BCUT2D eigenvalue weighted by molar-refractivity contribution is -0.149. The van der Waals surface area contributed by atoms with E-state index in [9.17, 15) is 9.59 Å². The van der Waals surface area contributed by atoms with E-state index < -0.39 is 12.1 Å². The van der Waals surface area contributed by atoms with E-state index in [0.29, 0.717) is 17.9 Å². The number of rotatable bonds is 4. The van der Waals surface area contributed by atoms with Gasteiger partial charge in [-0.05, 0) is 25.0 Å². The van der Waals surface area contributed by atoms with Crippen molar-refractivity contribution in [2.75, 3.05) is 6.54 Å². The van der Waals surface area contributed by atoms with Crippen LogP contribution in [0.4, 0.5) is 0 Å². The Hall–Kier alpha value is -1.30. The van der Waals surface area contributed by atoms with Crippen molar-refractivity contribution >= 4 is 35.1 Å². The van der Waals surface area contributed by atoms with Crippen LogP contribution in [0.25, 0.3) is 0 Å². The van der Waals surface area contributed by atoms with Crippen LogP contribution in [0.3, 0.4) is 0 Å². The molecule has 7 heteroatoms. The first-order chi connectivity index (χ1) is 9.49. The molecule has 1 saturated heterocycles. The summed E-state index contributed by atoms with van der Waals surface area (Å²) in [5, 5.41) is 12.0. The number of benzene rings is 1. The zero-order valence-electron chi connectivity index (χ0n) is 10.4. The normalized spacial score (nSPS) is 21.7. The largest absolute Gasteiger partial charge is 0.479 e. The molecule has 5 nitrogen and oxygen atoms in total. The van der Waals surface area contributed by atoms with E-state index in [1.54, 1.807) is 18.2 Å². The Balaban J connectivity index is 1.90. The van der Waals surface area contributed by atoms with E-state index in [1.165, 1.54) is 0 Å². The van der Waals surface area contributed by atoms with Crippen LogP contribution in [0, 0.1) is 0 Å². The zero-order valence-corrected chi connectivity index (χ0v) is 11.9. The summed E-state index contributed by atoms with van der Waals surface area (Å²) in [6.45, 7) is 0.242. The van der Waals surface area contributed by atoms with Crippen LogP contribution in [-0.4, -0.2) is 35.7 Å². The summed E-state index contributed by atoms with van der Waals surface area (Å²) in [4.78, 5) is 22.7. The first kappa shape index (κ1) is 15.1. The molecule has 1 aliphatic rings. The highest BCUT2D eigenvalue weighted by atomic mass is 35.5. The van der Waals surface area contributed by atoms with Crippen LogP contribution in [0.1, 0.15) is 23.2 Å². The molecular weight excluding hydrogens is 305 g/mol. The molecule has 1 aromatic rings. The number of hydrogen-bond donors (Lipinski definition) is 2. The fraction of sp³-hybridized carbons (Fsp3) is 0.385. The topological polar surface area (TPSA) is 75.6 Å². The highest BCUT2D eigenvalue weighted by Crippen LogP contribution is 2.25. The highest BCUT2D eigenvalue weighted by molar-refractivity contribution is 6.43. The quantitative estimate of drug-likeness (QED) is 0.893. The van der Waals surface area contributed by atoms with Gasteiger partial charge in [-0.1, -0.05) is 29.3 Å². The van der Waals surface area contributed by atoms with E-state index in [-0.39, 0.29) is 29.1 Å². The monoisotopic (exact) mass is 317 g/mol. The summed E-state index contributed by atoms with van der Waals surface area (Å²) < 4.78 is 5.29. The lowest BCUT2D eigenvalue weighted by atomic mass is 10.2. The SMILES string of the molecule is O=C(NCC1CCC(C(=O)O)O1)c1cccc(Cl)c1Cl. The molecule has 1 aromatic carbocycles. The molecule has 2 rings (SSSR count). The zero-order chi connectivity index (χ0) is 14.7. The third kappa shape index (κ3) is 3.42. The molecule has 0 aliphatic carbocycles. The number of halogens is 2. The maximum atomic E-state index is 12.0. The average Bonchev–Trinajstić information content (AvgIpc) is 2.88. The summed E-state index contributed by atoms with van der Waals surface area (Å²) in [6.07, 6.45) is -0.0291. The molecule has 108 valence electrons. The summed E-state index contributed by atoms with van der Waals surface area (Å²) in [5.41, 5.74) is 0.284. The van der Waals surface area contributed by atoms with Crippen molar-refractivity contribution < 1.29 is 19.4 Å². The first-order valence-corrected chi connectivity index (χ1v) is 6.85. The van der Waals surface area contributed by atoms with Crippen LogP contribution in [0.2, 0.25) is 10.0 Å². The molecule has 1 amide bonds. The van der Waals surface area contributed by atoms with E-state index in [1.807, 2.05) is 0 Å². The molecule has 2 atom stereocenters. The number of hydrogen-bond acceptors (Lipinski definition) is 3. The minimum atomic E-state index is -0.975. The Bertz CT molecular complexity index is 535. The van der Waals surface area contributed by atoms with E-state index in [4.69, 9.17) is 33.0 Å². The van der Waals surface area contributed by atoms with Crippen molar-refractivity contribution in [1.29, 1.82) is 0 Å². The standard InChI is InChI=1S/C13H13Cl2NO4/c14-9-3-1-2-8(11(9)15)12(17)16-6-7-4-5-10(20-7)13(18)19/h1-3,7,10H,4-6H2,(H,16,17)(H,18,19). The van der Waals surface area contributed by atoms with Gasteiger partial charge in [0.1, 0.15) is 0 Å². The number of amides is 1. The van der Waals surface area contributed by atoms with Crippen LogP contribution in [-0.2, 0) is 9.53 Å².